The number of piperidine rings is 1. The molecule has 6 nitrogen and oxygen atoms in total. The number of carbonyl (C=O) groups is 2. The standard InChI is InChI=1S/C23H31N3O3/c1-4-25(5-2)19-7-6-8-21(19)29-17-10-11-18-16(13-17)14-26(23(18)28)20-12-9-15(3)24-22(20)27/h10-11,13,19-21H,3-9,12,14H2,1-2H3,(H,24,27)/t19-,20?,21+/m0/s1. The Kier molecular flexibility index (Phi) is 5.63. The molecule has 6 heteroatoms. The molecule has 2 amide bonds. The molecule has 1 N–H and O–H groups in total. The Balaban J connectivity index is 1.48. The van der Waals surface area contributed by atoms with Crippen LogP contribution in [0.25, 0.3) is 0 Å². The zero-order chi connectivity index (χ0) is 20.5. The zero-order valence-corrected chi connectivity index (χ0v) is 17.4. The van der Waals surface area contributed by atoms with Gasteiger partial charge >= 0.3 is 0 Å². The third-order valence-electron chi connectivity index (χ3n) is 6.59. The van der Waals surface area contributed by atoms with Crippen molar-refractivity contribution < 1.29 is 14.3 Å². The Morgan fingerprint density at radius 1 is 1.21 bits per heavy atom. The van der Waals surface area contributed by atoms with Crippen molar-refractivity contribution in [2.24, 2.45) is 0 Å². The van der Waals surface area contributed by atoms with Gasteiger partial charge in [0, 0.05) is 23.8 Å². The first-order chi connectivity index (χ1) is 14.0. The maximum absolute atomic E-state index is 12.9. The summed E-state index contributed by atoms with van der Waals surface area (Å²) in [6, 6.07) is 5.78. The topological polar surface area (TPSA) is 61.9 Å². The van der Waals surface area contributed by atoms with Gasteiger partial charge in [-0.25, -0.2) is 0 Å². The molecule has 3 atom stereocenters. The van der Waals surface area contributed by atoms with Crippen LogP contribution in [-0.2, 0) is 11.3 Å². The first kappa shape index (κ1) is 20.0. The van der Waals surface area contributed by atoms with Crippen molar-refractivity contribution in [3.05, 3.63) is 41.6 Å². The highest BCUT2D eigenvalue weighted by atomic mass is 16.5. The van der Waals surface area contributed by atoms with Gasteiger partial charge in [-0.1, -0.05) is 20.4 Å². The summed E-state index contributed by atoms with van der Waals surface area (Å²) in [7, 11) is 0. The number of hydrogen-bond donors (Lipinski definition) is 1. The summed E-state index contributed by atoms with van der Waals surface area (Å²) >= 11 is 0. The van der Waals surface area contributed by atoms with Crippen molar-refractivity contribution in [3.63, 3.8) is 0 Å². The molecule has 1 unspecified atom stereocenters. The van der Waals surface area contributed by atoms with Gasteiger partial charge in [0.15, 0.2) is 0 Å². The molecular formula is C23H31N3O3. The molecule has 1 saturated carbocycles. The van der Waals surface area contributed by atoms with Gasteiger partial charge in [-0.15, -0.1) is 0 Å². The van der Waals surface area contributed by atoms with Crippen LogP contribution in [0.4, 0.5) is 0 Å². The molecule has 156 valence electrons. The van der Waals surface area contributed by atoms with E-state index in [4.69, 9.17) is 4.74 Å². The second-order valence-corrected chi connectivity index (χ2v) is 8.28. The average molecular weight is 398 g/mol. The third kappa shape index (κ3) is 3.78. The minimum absolute atomic E-state index is 0.0684. The molecule has 2 aliphatic heterocycles. The fraction of sp³-hybridized carbons (Fsp3) is 0.565. The molecule has 0 radical (unpaired) electrons. The number of amides is 2. The summed E-state index contributed by atoms with van der Waals surface area (Å²) in [5.74, 6) is 0.622. The smallest absolute Gasteiger partial charge is 0.255 e. The fourth-order valence-corrected chi connectivity index (χ4v) is 5.03. The van der Waals surface area contributed by atoms with Crippen molar-refractivity contribution in [2.75, 3.05) is 13.1 Å². The highest BCUT2D eigenvalue weighted by Crippen LogP contribution is 2.33. The number of likely N-dealkylation sites (N-methyl/N-ethyl adjacent to an activating group) is 1. The van der Waals surface area contributed by atoms with Crippen LogP contribution in [0.5, 0.6) is 5.75 Å². The highest BCUT2D eigenvalue weighted by Gasteiger charge is 2.38. The Bertz CT molecular complexity index is 818. The molecule has 0 aromatic heterocycles. The lowest BCUT2D eigenvalue weighted by atomic mass is 10.0. The summed E-state index contributed by atoms with van der Waals surface area (Å²) in [5.41, 5.74) is 2.36. The van der Waals surface area contributed by atoms with E-state index in [2.05, 4.69) is 30.6 Å². The second-order valence-electron chi connectivity index (χ2n) is 8.28. The zero-order valence-electron chi connectivity index (χ0n) is 17.4. The fourth-order valence-electron chi connectivity index (χ4n) is 5.03. The lowest BCUT2D eigenvalue weighted by Gasteiger charge is -2.31. The van der Waals surface area contributed by atoms with E-state index >= 15 is 0 Å². The summed E-state index contributed by atoms with van der Waals surface area (Å²) in [6.07, 6.45) is 4.95. The molecule has 1 aromatic carbocycles. The molecule has 4 rings (SSSR count). The number of nitrogens with zero attached hydrogens (tertiary/aromatic N) is 2. The van der Waals surface area contributed by atoms with E-state index in [0.717, 1.165) is 36.5 Å². The van der Waals surface area contributed by atoms with Crippen molar-refractivity contribution >= 4 is 11.8 Å². The maximum atomic E-state index is 12.9. The van der Waals surface area contributed by atoms with Gasteiger partial charge in [0.1, 0.15) is 17.9 Å². The SMILES string of the molecule is C=C1CCC(N2Cc3cc(O[C@@H]4CCC[C@@H]4N(CC)CC)ccc3C2=O)C(=O)N1. The van der Waals surface area contributed by atoms with Crippen LogP contribution in [0.3, 0.4) is 0 Å². The van der Waals surface area contributed by atoms with Crippen LogP contribution in [-0.4, -0.2) is 52.9 Å². The number of fused-ring (bicyclic) bond motifs is 1. The van der Waals surface area contributed by atoms with E-state index in [9.17, 15) is 9.59 Å². The molecule has 2 heterocycles. The minimum Gasteiger partial charge on any atom is -0.489 e. The van der Waals surface area contributed by atoms with Crippen molar-refractivity contribution in [2.45, 2.75) is 70.7 Å². The molecule has 29 heavy (non-hydrogen) atoms. The van der Waals surface area contributed by atoms with Gasteiger partial charge in [0.25, 0.3) is 5.91 Å². The molecule has 1 saturated heterocycles. The van der Waals surface area contributed by atoms with Crippen LogP contribution in [0, 0.1) is 0 Å². The Labute approximate surface area is 172 Å². The first-order valence-electron chi connectivity index (χ1n) is 10.8. The van der Waals surface area contributed by atoms with Crippen LogP contribution in [0.1, 0.15) is 61.9 Å². The molecule has 0 bridgehead atoms. The minimum atomic E-state index is -0.424. The normalized spacial score (nSPS) is 26.8. The van der Waals surface area contributed by atoms with Crippen molar-refractivity contribution in [1.82, 2.24) is 15.1 Å². The van der Waals surface area contributed by atoms with Crippen LogP contribution in [0.15, 0.2) is 30.5 Å². The highest BCUT2D eigenvalue weighted by molar-refractivity contribution is 6.01. The Morgan fingerprint density at radius 2 is 2.00 bits per heavy atom. The Hall–Kier alpha value is -2.34. The number of benzene rings is 1. The van der Waals surface area contributed by atoms with Gasteiger partial charge in [-0.3, -0.25) is 14.5 Å². The number of allylic oxidation sites excluding steroid dienone is 1. The van der Waals surface area contributed by atoms with Crippen LogP contribution >= 0.6 is 0 Å². The van der Waals surface area contributed by atoms with Gasteiger partial charge in [-0.2, -0.15) is 0 Å². The summed E-state index contributed by atoms with van der Waals surface area (Å²) in [6.45, 7) is 10.7. The lowest BCUT2D eigenvalue weighted by Crippen LogP contribution is -2.49. The van der Waals surface area contributed by atoms with Crippen LogP contribution < -0.4 is 10.1 Å². The van der Waals surface area contributed by atoms with E-state index in [-0.39, 0.29) is 17.9 Å². The number of rotatable bonds is 6. The monoisotopic (exact) mass is 397 g/mol. The van der Waals surface area contributed by atoms with Gasteiger partial charge in [0.05, 0.1) is 0 Å². The van der Waals surface area contributed by atoms with E-state index in [0.29, 0.717) is 31.0 Å². The third-order valence-corrected chi connectivity index (χ3v) is 6.59. The molecule has 1 aliphatic carbocycles. The predicted molar refractivity (Wildman–Crippen MR) is 112 cm³/mol. The van der Waals surface area contributed by atoms with Crippen LogP contribution in [0.2, 0.25) is 0 Å². The van der Waals surface area contributed by atoms with E-state index in [1.807, 2.05) is 18.2 Å². The number of ether oxygens (including phenoxy) is 1. The van der Waals surface area contributed by atoms with Gasteiger partial charge in [-0.05, 0) is 69.0 Å². The lowest BCUT2D eigenvalue weighted by molar-refractivity contribution is -0.126. The number of carbonyl (C=O) groups excluding carboxylic acids is 2. The number of hydrogen-bond acceptors (Lipinski definition) is 4. The molecule has 2 fully saturated rings. The second kappa shape index (κ2) is 8.19. The van der Waals surface area contributed by atoms with E-state index in [1.54, 1.807) is 4.90 Å². The largest absolute Gasteiger partial charge is 0.489 e. The first-order valence-corrected chi connectivity index (χ1v) is 10.8. The molecular weight excluding hydrogens is 366 g/mol. The predicted octanol–water partition coefficient (Wildman–Crippen LogP) is 3.08. The van der Waals surface area contributed by atoms with Gasteiger partial charge in [0.2, 0.25) is 5.91 Å². The number of nitrogens with one attached hydrogen (secondary N) is 1. The molecule has 3 aliphatic rings. The Morgan fingerprint density at radius 3 is 2.72 bits per heavy atom. The molecule has 0 spiro atoms. The average Bonchev–Trinajstić information content (AvgIpc) is 3.28. The molecule has 1 aromatic rings. The van der Waals surface area contributed by atoms with Crippen molar-refractivity contribution in [1.29, 1.82) is 0 Å². The van der Waals surface area contributed by atoms with Gasteiger partial charge < -0.3 is 15.0 Å². The summed E-state index contributed by atoms with van der Waals surface area (Å²) in [5, 5.41) is 2.78. The summed E-state index contributed by atoms with van der Waals surface area (Å²) in [4.78, 5) is 29.4. The quantitative estimate of drug-likeness (QED) is 0.801. The maximum Gasteiger partial charge on any atom is 0.255 e. The van der Waals surface area contributed by atoms with E-state index in [1.165, 1.54) is 12.8 Å². The van der Waals surface area contributed by atoms with E-state index < -0.39 is 6.04 Å². The van der Waals surface area contributed by atoms with Crippen molar-refractivity contribution in [3.8, 4) is 5.75 Å². The summed E-state index contributed by atoms with van der Waals surface area (Å²) < 4.78 is 6.39.